The van der Waals surface area contributed by atoms with Gasteiger partial charge in [-0.05, 0) is 23.6 Å². The summed E-state index contributed by atoms with van der Waals surface area (Å²) >= 11 is 0. The van der Waals surface area contributed by atoms with Gasteiger partial charge in [-0.1, -0.05) is 19.9 Å². The van der Waals surface area contributed by atoms with Crippen molar-refractivity contribution in [3.63, 3.8) is 0 Å². The predicted molar refractivity (Wildman–Crippen MR) is 57.9 cm³/mol. The van der Waals surface area contributed by atoms with Crippen molar-refractivity contribution in [1.29, 1.82) is 0 Å². The number of halogens is 1. The van der Waals surface area contributed by atoms with Gasteiger partial charge in [0, 0.05) is 6.04 Å². The maximum atomic E-state index is 13.4. The summed E-state index contributed by atoms with van der Waals surface area (Å²) in [7, 11) is 1.44. The summed E-state index contributed by atoms with van der Waals surface area (Å²) in [6.07, 6.45) is 0. The molecular weight excluding hydrogens is 195 g/mol. The van der Waals surface area contributed by atoms with Crippen LogP contribution >= 0.6 is 0 Å². The van der Waals surface area contributed by atoms with E-state index in [0.717, 1.165) is 5.56 Å². The predicted octanol–water partition coefficient (Wildman–Crippen LogP) is 1.99. The molecule has 1 aromatic carbocycles. The molecule has 3 N–H and O–H groups in total. The third-order valence-corrected chi connectivity index (χ3v) is 2.38. The van der Waals surface area contributed by atoms with Crippen molar-refractivity contribution in [3.05, 3.63) is 29.6 Å². The van der Waals surface area contributed by atoms with Crippen LogP contribution in [0.3, 0.4) is 0 Å². The summed E-state index contributed by atoms with van der Waals surface area (Å²) in [4.78, 5) is 0. The van der Waals surface area contributed by atoms with Crippen molar-refractivity contribution in [2.75, 3.05) is 7.11 Å². The molecule has 84 valence electrons. The highest BCUT2D eigenvalue weighted by atomic mass is 19.1. The van der Waals surface area contributed by atoms with Crippen molar-refractivity contribution in [1.82, 2.24) is 5.43 Å². The Morgan fingerprint density at radius 1 is 1.40 bits per heavy atom. The van der Waals surface area contributed by atoms with Crippen LogP contribution in [-0.4, -0.2) is 7.11 Å². The Hall–Kier alpha value is -1.13. The van der Waals surface area contributed by atoms with E-state index < -0.39 is 0 Å². The molecule has 0 aromatic heterocycles. The van der Waals surface area contributed by atoms with Gasteiger partial charge >= 0.3 is 0 Å². The zero-order chi connectivity index (χ0) is 11.4. The Bertz CT molecular complexity index is 328. The lowest BCUT2D eigenvalue weighted by Crippen LogP contribution is -2.31. The van der Waals surface area contributed by atoms with Crippen LogP contribution in [0.1, 0.15) is 25.5 Å². The van der Waals surface area contributed by atoms with Gasteiger partial charge in [-0.15, -0.1) is 0 Å². The number of hydrogen-bond acceptors (Lipinski definition) is 3. The molecule has 0 amide bonds. The average molecular weight is 212 g/mol. The lowest BCUT2D eigenvalue weighted by molar-refractivity contribution is 0.382. The molecule has 0 saturated heterocycles. The number of benzene rings is 1. The number of nitrogens with one attached hydrogen (secondary N) is 1. The Kier molecular flexibility index (Phi) is 4.05. The highest BCUT2D eigenvalue weighted by molar-refractivity contribution is 5.31. The second kappa shape index (κ2) is 5.09. The summed E-state index contributed by atoms with van der Waals surface area (Å²) in [5.41, 5.74) is 3.50. The fourth-order valence-corrected chi connectivity index (χ4v) is 1.55. The van der Waals surface area contributed by atoms with Gasteiger partial charge in [-0.3, -0.25) is 11.3 Å². The van der Waals surface area contributed by atoms with E-state index >= 15 is 0 Å². The van der Waals surface area contributed by atoms with E-state index in [0.29, 0.717) is 5.92 Å². The van der Waals surface area contributed by atoms with Crippen LogP contribution in [0.5, 0.6) is 5.75 Å². The number of hydrazine groups is 1. The largest absolute Gasteiger partial charge is 0.494 e. The Balaban J connectivity index is 3.00. The molecule has 0 aliphatic rings. The van der Waals surface area contributed by atoms with Gasteiger partial charge in [-0.2, -0.15) is 0 Å². The van der Waals surface area contributed by atoms with E-state index in [1.165, 1.54) is 13.2 Å². The molecule has 0 fully saturated rings. The maximum Gasteiger partial charge on any atom is 0.165 e. The van der Waals surface area contributed by atoms with Crippen LogP contribution < -0.4 is 16.0 Å². The molecule has 1 unspecified atom stereocenters. The third-order valence-electron chi connectivity index (χ3n) is 2.38. The van der Waals surface area contributed by atoms with Crippen molar-refractivity contribution in [3.8, 4) is 5.75 Å². The highest BCUT2D eigenvalue weighted by Gasteiger charge is 2.15. The highest BCUT2D eigenvalue weighted by Crippen LogP contribution is 2.25. The first-order valence-electron chi connectivity index (χ1n) is 4.89. The number of ether oxygens (including phenoxy) is 1. The molecule has 1 atom stereocenters. The summed E-state index contributed by atoms with van der Waals surface area (Å²) < 4.78 is 18.3. The zero-order valence-electron chi connectivity index (χ0n) is 9.25. The van der Waals surface area contributed by atoms with Gasteiger partial charge in [0.05, 0.1) is 7.11 Å². The van der Waals surface area contributed by atoms with Crippen molar-refractivity contribution in [2.45, 2.75) is 19.9 Å². The number of nitrogens with two attached hydrogens (primary N) is 1. The van der Waals surface area contributed by atoms with E-state index in [1.807, 2.05) is 19.9 Å². The summed E-state index contributed by atoms with van der Waals surface area (Å²) in [6.45, 7) is 4.04. The molecule has 3 nitrogen and oxygen atoms in total. The van der Waals surface area contributed by atoms with Crippen LogP contribution in [0.4, 0.5) is 4.39 Å². The minimum atomic E-state index is -0.365. The van der Waals surface area contributed by atoms with Crippen LogP contribution in [0.25, 0.3) is 0 Å². The summed E-state index contributed by atoms with van der Waals surface area (Å²) in [5, 5.41) is 0. The van der Waals surface area contributed by atoms with Crippen LogP contribution in [0, 0.1) is 11.7 Å². The summed E-state index contributed by atoms with van der Waals surface area (Å²) in [6, 6.07) is 4.82. The monoisotopic (exact) mass is 212 g/mol. The van der Waals surface area contributed by atoms with Crippen molar-refractivity contribution < 1.29 is 9.13 Å². The van der Waals surface area contributed by atoms with Gasteiger partial charge in [0.25, 0.3) is 0 Å². The smallest absolute Gasteiger partial charge is 0.165 e. The molecule has 0 bridgehead atoms. The normalized spacial score (nSPS) is 12.9. The molecule has 1 aromatic rings. The fraction of sp³-hybridized carbons (Fsp3) is 0.455. The molecule has 0 aliphatic heterocycles. The fourth-order valence-electron chi connectivity index (χ4n) is 1.55. The second-order valence-electron chi connectivity index (χ2n) is 3.78. The first-order valence-corrected chi connectivity index (χ1v) is 4.89. The SMILES string of the molecule is COc1ccc(C(NN)C(C)C)cc1F. The molecule has 1 rings (SSSR count). The average Bonchev–Trinajstić information content (AvgIpc) is 2.18. The number of rotatable bonds is 4. The Labute approximate surface area is 89.4 Å². The molecule has 0 radical (unpaired) electrons. The van der Waals surface area contributed by atoms with Gasteiger partial charge < -0.3 is 4.74 Å². The molecule has 15 heavy (non-hydrogen) atoms. The van der Waals surface area contributed by atoms with Gasteiger partial charge in [0.2, 0.25) is 0 Å². The van der Waals surface area contributed by atoms with Crippen LogP contribution in [0.2, 0.25) is 0 Å². The zero-order valence-corrected chi connectivity index (χ0v) is 9.25. The maximum absolute atomic E-state index is 13.4. The minimum absolute atomic E-state index is 0.0505. The van der Waals surface area contributed by atoms with Crippen LogP contribution in [0.15, 0.2) is 18.2 Å². The molecule has 0 spiro atoms. The lowest BCUT2D eigenvalue weighted by atomic mass is 9.96. The summed E-state index contributed by atoms with van der Waals surface area (Å²) in [5.74, 6) is 5.60. The quantitative estimate of drug-likeness (QED) is 0.592. The van der Waals surface area contributed by atoms with Crippen LogP contribution in [-0.2, 0) is 0 Å². The number of hydrogen-bond donors (Lipinski definition) is 2. The second-order valence-corrected chi connectivity index (χ2v) is 3.78. The standard InChI is InChI=1S/C11H17FN2O/c1-7(2)11(14-13)8-4-5-10(15-3)9(12)6-8/h4-7,11,14H,13H2,1-3H3. The third kappa shape index (κ3) is 2.67. The topological polar surface area (TPSA) is 47.3 Å². The van der Waals surface area contributed by atoms with E-state index in [-0.39, 0.29) is 17.6 Å². The first-order chi connectivity index (χ1) is 7.10. The number of methoxy groups -OCH3 is 1. The Morgan fingerprint density at radius 3 is 2.47 bits per heavy atom. The molecule has 0 heterocycles. The van der Waals surface area contributed by atoms with Gasteiger partial charge in [0.15, 0.2) is 11.6 Å². The van der Waals surface area contributed by atoms with E-state index in [1.54, 1.807) is 6.07 Å². The molecule has 0 aliphatic carbocycles. The van der Waals surface area contributed by atoms with Crippen molar-refractivity contribution >= 4 is 0 Å². The minimum Gasteiger partial charge on any atom is -0.494 e. The van der Waals surface area contributed by atoms with E-state index in [2.05, 4.69) is 5.43 Å². The lowest BCUT2D eigenvalue weighted by Gasteiger charge is -2.20. The first kappa shape index (κ1) is 11.9. The van der Waals surface area contributed by atoms with Gasteiger partial charge in [0.1, 0.15) is 0 Å². The van der Waals surface area contributed by atoms with E-state index in [9.17, 15) is 4.39 Å². The van der Waals surface area contributed by atoms with Gasteiger partial charge in [-0.25, -0.2) is 4.39 Å². The molecule has 4 heteroatoms. The van der Waals surface area contributed by atoms with E-state index in [4.69, 9.17) is 10.6 Å². The Morgan fingerprint density at radius 2 is 2.07 bits per heavy atom. The molecule has 0 saturated carbocycles. The molecular formula is C11H17FN2O. The van der Waals surface area contributed by atoms with Crippen molar-refractivity contribution in [2.24, 2.45) is 11.8 Å².